The highest BCUT2D eigenvalue weighted by molar-refractivity contribution is 6.02. The Bertz CT molecular complexity index is 331. The summed E-state index contributed by atoms with van der Waals surface area (Å²) in [6, 6.07) is -1.10. The Morgan fingerprint density at radius 2 is 1.08 bits per heavy atom. The van der Waals surface area contributed by atoms with E-state index in [1.807, 2.05) is 0 Å². The van der Waals surface area contributed by atoms with Crippen molar-refractivity contribution >= 4 is 11.8 Å². The summed E-state index contributed by atoms with van der Waals surface area (Å²) in [6.45, 7) is 2.26. The van der Waals surface area contributed by atoms with Crippen molar-refractivity contribution in [1.29, 1.82) is 0 Å². The van der Waals surface area contributed by atoms with Gasteiger partial charge in [0.05, 0.1) is 7.11 Å². The van der Waals surface area contributed by atoms with E-state index in [0.717, 1.165) is 19.3 Å². The molecule has 0 aromatic carbocycles. The number of ether oxygens (including phenoxy) is 1. The quantitative estimate of drug-likeness (QED) is 0.205. The van der Waals surface area contributed by atoms with Crippen molar-refractivity contribution in [3.63, 3.8) is 0 Å². The summed E-state index contributed by atoms with van der Waals surface area (Å²) in [7, 11) is 1.25. The minimum absolute atomic E-state index is 0.207. The number of nitrogens with two attached hydrogens (primary N) is 1. The van der Waals surface area contributed by atoms with Gasteiger partial charge in [0.2, 0.25) is 0 Å². The van der Waals surface area contributed by atoms with Crippen LogP contribution >= 0.6 is 0 Å². The maximum Gasteiger partial charge on any atom is 0.330 e. The van der Waals surface area contributed by atoms with Gasteiger partial charge in [-0.1, -0.05) is 96.8 Å². The highest BCUT2D eigenvalue weighted by atomic mass is 16.5. The molecule has 0 aliphatic heterocycles. The molecule has 4 heteroatoms. The largest absolute Gasteiger partial charge is 0.468 e. The Morgan fingerprint density at radius 1 is 0.720 bits per heavy atom. The van der Waals surface area contributed by atoms with E-state index in [-0.39, 0.29) is 5.78 Å². The average molecular weight is 356 g/mol. The van der Waals surface area contributed by atoms with Crippen LogP contribution < -0.4 is 5.73 Å². The highest BCUT2D eigenvalue weighted by Gasteiger charge is 2.21. The lowest BCUT2D eigenvalue weighted by molar-refractivity contribution is -0.145. The molecule has 0 aromatic rings. The number of hydrogen-bond donors (Lipinski definition) is 1. The molecule has 0 saturated heterocycles. The normalized spacial score (nSPS) is 12.1. The topological polar surface area (TPSA) is 69.4 Å². The molecule has 148 valence electrons. The number of esters is 1. The fourth-order valence-electron chi connectivity index (χ4n) is 3.08. The fraction of sp³-hybridized carbons (Fsp3) is 0.905. The van der Waals surface area contributed by atoms with Gasteiger partial charge in [0.25, 0.3) is 0 Å². The van der Waals surface area contributed by atoms with E-state index < -0.39 is 12.0 Å². The molecule has 25 heavy (non-hydrogen) atoms. The molecule has 0 aliphatic rings. The van der Waals surface area contributed by atoms with Crippen LogP contribution in [0.1, 0.15) is 110 Å². The number of unbranched alkanes of at least 4 members (excludes halogenated alkanes) is 14. The van der Waals surface area contributed by atoms with E-state index in [1.54, 1.807) is 0 Å². The monoisotopic (exact) mass is 355 g/mol. The first kappa shape index (κ1) is 24.1. The predicted molar refractivity (Wildman–Crippen MR) is 105 cm³/mol. The molecule has 0 aromatic heterocycles. The van der Waals surface area contributed by atoms with Crippen LogP contribution in [0, 0.1) is 0 Å². The molecule has 0 bridgehead atoms. The second kappa shape index (κ2) is 17.9. The number of rotatable bonds is 18. The Labute approximate surface area is 155 Å². The zero-order chi connectivity index (χ0) is 18.8. The number of ketones is 1. The molecule has 1 atom stereocenters. The second-order valence-corrected chi connectivity index (χ2v) is 7.17. The van der Waals surface area contributed by atoms with E-state index in [0.29, 0.717) is 6.42 Å². The summed E-state index contributed by atoms with van der Waals surface area (Å²) in [5, 5.41) is 0. The van der Waals surface area contributed by atoms with E-state index in [2.05, 4.69) is 11.7 Å². The Kier molecular flexibility index (Phi) is 17.3. The zero-order valence-corrected chi connectivity index (χ0v) is 16.7. The fourth-order valence-corrected chi connectivity index (χ4v) is 3.08. The van der Waals surface area contributed by atoms with Gasteiger partial charge >= 0.3 is 5.97 Å². The van der Waals surface area contributed by atoms with Gasteiger partial charge in [-0.3, -0.25) is 4.79 Å². The standard InChI is InChI=1S/C21H41NO3/c1-3-4-5-6-7-8-9-10-11-12-13-14-15-16-17-18-19(23)20(22)21(24)25-2/h20H,3-18,22H2,1-2H3. The minimum atomic E-state index is -1.10. The van der Waals surface area contributed by atoms with Gasteiger partial charge in [0.1, 0.15) is 0 Å². The molecule has 4 nitrogen and oxygen atoms in total. The summed E-state index contributed by atoms with van der Waals surface area (Å²) >= 11 is 0. The SMILES string of the molecule is CCCCCCCCCCCCCCCCCC(=O)C(N)C(=O)OC. The third-order valence-electron chi connectivity index (χ3n) is 4.83. The van der Waals surface area contributed by atoms with Gasteiger partial charge in [-0.2, -0.15) is 0 Å². The maximum absolute atomic E-state index is 11.7. The van der Waals surface area contributed by atoms with Gasteiger partial charge in [0, 0.05) is 6.42 Å². The average Bonchev–Trinajstić information content (AvgIpc) is 2.63. The summed E-state index contributed by atoms with van der Waals surface area (Å²) < 4.78 is 4.48. The number of methoxy groups -OCH3 is 1. The molecule has 0 heterocycles. The molecular formula is C21H41NO3. The molecule has 2 N–H and O–H groups in total. The highest BCUT2D eigenvalue weighted by Crippen LogP contribution is 2.13. The summed E-state index contributed by atoms with van der Waals surface area (Å²) in [5.74, 6) is -0.840. The number of carbonyl (C=O) groups excluding carboxylic acids is 2. The van der Waals surface area contributed by atoms with Gasteiger partial charge in [0.15, 0.2) is 11.8 Å². The van der Waals surface area contributed by atoms with Crippen LogP contribution in [0.25, 0.3) is 0 Å². The molecule has 0 amide bonds. The first-order chi connectivity index (χ1) is 12.1. The molecule has 0 spiro atoms. The molecule has 0 rings (SSSR count). The molecule has 0 radical (unpaired) electrons. The summed E-state index contributed by atoms with van der Waals surface area (Å²) in [5.41, 5.74) is 5.51. The maximum atomic E-state index is 11.7. The molecular weight excluding hydrogens is 314 g/mol. The summed E-state index contributed by atoms with van der Waals surface area (Å²) in [6.07, 6.45) is 19.8. The summed E-state index contributed by atoms with van der Waals surface area (Å²) in [4.78, 5) is 22.8. The third kappa shape index (κ3) is 15.1. The number of carbonyl (C=O) groups is 2. The van der Waals surface area contributed by atoms with Gasteiger partial charge in [-0.25, -0.2) is 4.79 Å². The van der Waals surface area contributed by atoms with E-state index >= 15 is 0 Å². The van der Waals surface area contributed by atoms with E-state index in [1.165, 1.54) is 84.2 Å². The van der Waals surface area contributed by atoms with Gasteiger partial charge in [-0.05, 0) is 6.42 Å². The van der Waals surface area contributed by atoms with Crippen LogP contribution in [-0.4, -0.2) is 24.9 Å². The van der Waals surface area contributed by atoms with Crippen LogP contribution in [0.3, 0.4) is 0 Å². The second-order valence-electron chi connectivity index (χ2n) is 7.17. The zero-order valence-electron chi connectivity index (χ0n) is 16.7. The Morgan fingerprint density at radius 3 is 1.44 bits per heavy atom. The Balaban J connectivity index is 3.24. The third-order valence-corrected chi connectivity index (χ3v) is 4.83. The lowest BCUT2D eigenvalue weighted by atomic mass is 10.0. The van der Waals surface area contributed by atoms with Crippen molar-refractivity contribution in [2.24, 2.45) is 5.73 Å². The van der Waals surface area contributed by atoms with Crippen molar-refractivity contribution in [3.8, 4) is 0 Å². The van der Waals surface area contributed by atoms with Crippen LogP contribution in [-0.2, 0) is 14.3 Å². The van der Waals surface area contributed by atoms with Crippen LogP contribution in [0.4, 0.5) is 0 Å². The minimum Gasteiger partial charge on any atom is -0.468 e. The van der Waals surface area contributed by atoms with Crippen molar-refractivity contribution in [3.05, 3.63) is 0 Å². The van der Waals surface area contributed by atoms with Crippen LogP contribution in [0.5, 0.6) is 0 Å². The molecule has 0 fully saturated rings. The molecule has 1 unspecified atom stereocenters. The van der Waals surface area contributed by atoms with Crippen molar-refractivity contribution in [1.82, 2.24) is 0 Å². The smallest absolute Gasteiger partial charge is 0.330 e. The molecule has 0 saturated carbocycles. The Hall–Kier alpha value is -0.900. The number of hydrogen-bond acceptors (Lipinski definition) is 4. The van der Waals surface area contributed by atoms with Crippen LogP contribution in [0.15, 0.2) is 0 Å². The first-order valence-corrected chi connectivity index (χ1v) is 10.5. The lowest BCUT2D eigenvalue weighted by Gasteiger charge is -2.07. The van der Waals surface area contributed by atoms with E-state index in [9.17, 15) is 9.59 Å². The first-order valence-electron chi connectivity index (χ1n) is 10.5. The van der Waals surface area contributed by atoms with Crippen molar-refractivity contribution in [2.45, 2.75) is 116 Å². The van der Waals surface area contributed by atoms with Gasteiger partial charge < -0.3 is 10.5 Å². The lowest BCUT2D eigenvalue weighted by Crippen LogP contribution is -2.39. The number of Topliss-reactive ketones (excluding diaryl/α,β-unsaturated/α-hetero) is 1. The van der Waals surface area contributed by atoms with E-state index in [4.69, 9.17) is 5.73 Å². The predicted octanol–water partition coefficient (Wildman–Crippen LogP) is 5.32. The van der Waals surface area contributed by atoms with Crippen molar-refractivity contribution in [2.75, 3.05) is 7.11 Å². The van der Waals surface area contributed by atoms with Gasteiger partial charge in [-0.15, -0.1) is 0 Å². The van der Waals surface area contributed by atoms with Crippen LogP contribution in [0.2, 0.25) is 0 Å². The molecule has 0 aliphatic carbocycles. The van der Waals surface area contributed by atoms with Crippen molar-refractivity contribution < 1.29 is 14.3 Å².